The molecule has 0 spiro atoms. The molecule has 6 heteroatoms. The largest absolute Gasteiger partial charge is 1.00 e. The Labute approximate surface area is 195 Å². The average Bonchev–Trinajstić information content (AvgIpc) is 2.45. The number of carboxylic acid groups (broad SMARTS) is 2. The van der Waals surface area contributed by atoms with Crippen LogP contribution in [0.4, 0.5) is 0 Å². The summed E-state index contributed by atoms with van der Waals surface area (Å²) in [4.78, 5) is 21.9. The van der Waals surface area contributed by atoms with Crippen molar-refractivity contribution < 1.29 is 76.3 Å². The zero-order valence-electron chi connectivity index (χ0n) is 16.8. The number of carbonyl (C=O) groups excluding carboxylic acids is 1. The van der Waals surface area contributed by atoms with Gasteiger partial charge in [-0.2, -0.15) is 0 Å². The van der Waals surface area contributed by atoms with Gasteiger partial charge in [-0.15, -0.1) is 0 Å². The van der Waals surface area contributed by atoms with E-state index in [9.17, 15) is 19.8 Å². The Hall–Kier alpha value is 0.536. The Balaban J connectivity index is 0. The molecule has 0 aromatic heterocycles. The summed E-state index contributed by atoms with van der Waals surface area (Å²) in [6, 6.07) is 0. The molecule has 2 N–H and O–H groups in total. The smallest absolute Gasteiger partial charge is 0.550 e. The molecular weight excluding hydrogens is 347 g/mol. The standard InChI is InChI=1S/C19H36O5.K/c1-18(2,16(21)22)13-9-5-7-11-15(20)12-8-6-10-14-19(3,4)17(23)24;/h15,20H,5-14H2,1-4H3,(H,21,22)(H,23,24);/q;+1/p-1. The van der Waals surface area contributed by atoms with Crippen molar-refractivity contribution in [2.24, 2.45) is 10.8 Å². The van der Waals surface area contributed by atoms with Gasteiger partial charge in [0.1, 0.15) is 0 Å². The maximum Gasteiger partial charge on any atom is 1.00 e. The van der Waals surface area contributed by atoms with Crippen LogP contribution < -0.4 is 56.5 Å². The maximum atomic E-state index is 11.0. The van der Waals surface area contributed by atoms with E-state index in [4.69, 9.17) is 5.11 Å². The van der Waals surface area contributed by atoms with Gasteiger partial charge in [0.25, 0.3) is 0 Å². The first-order valence-electron chi connectivity index (χ1n) is 9.12. The monoisotopic (exact) mass is 382 g/mol. The summed E-state index contributed by atoms with van der Waals surface area (Å²) in [5.74, 6) is -1.77. The molecule has 5 nitrogen and oxygen atoms in total. The minimum atomic E-state index is -1.01. The molecule has 0 aliphatic rings. The van der Waals surface area contributed by atoms with E-state index in [0.717, 1.165) is 51.4 Å². The average molecular weight is 383 g/mol. The molecular formula is C19H35KO5. The van der Waals surface area contributed by atoms with Crippen LogP contribution in [0.3, 0.4) is 0 Å². The fourth-order valence-corrected chi connectivity index (χ4v) is 2.60. The fourth-order valence-electron chi connectivity index (χ4n) is 2.60. The predicted octanol–water partition coefficient (Wildman–Crippen LogP) is 0.139. The van der Waals surface area contributed by atoms with Crippen LogP contribution in [0.2, 0.25) is 0 Å². The van der Waals surface area contributed by atoms with E-state index >= 15 is 0 Å². The SMILES string of the molecule is CC(C)(CCCCCC(O)CCCCCC(C)(C)C(=O)O)C(=O)[O-].[K+]. The fraction of sp³-hybridized carbons (Fsp3) is 0.895. The Morgan fingerprint density at radius 1 is 0.840 bits per heavy atom. The van der Waals surface area contributed by atoms with Gasteiger partial charge in [-0.05, 0) is 39.5 Å². The van der Waals surface area contributed by atoms with E-state index in [0.29, 0.717) is 12.8 Å². The van der Waals surface area contributed by atoms with Crippen LogP contribution in [0.5, 0.6) is 0 Å². The van der Waals surface area contributed by atoms with Crippen molar-refractivity contribution >= 4 is 11.9 Å². The normalized spacial score (nSPS) is 13.2. The van der Waals surface area contributed by atoms with Gasteiger partial charge in [0.05, 0.1) is 11.5 Å². The van der Waals surface area contributed by atoms with Gasteiger partial charge in [0.15, 0.2) is 0 Å². The number of hydrogen-bond acceptors (Lipinski definition) is 4. The molecule has 0 aromatic rings. The first kappa shape index (κ1) is 27.8. The molecule has 0 saturated heterocycles. The molecule has 1 unspecified atom stereocenters. The van der Waals surface area contributed by atoms with Crippen molar-refractivity contribution in [1.29, 1.82) is 0 Å². The summed E-state index contributed by atoms with van der Waals surface area (Å²) < 4.78 is 0. The Bertz CT molecular complexity index is 357. The van der Waals surface area contributed by atoms with Crippen molar-refractivity contribution in [3.8, 4) is 0 Å². The molecule has 0 radical (unpaired) electrons. The van der Waals surface area contributed by atoms with E-state index in [2.05, 4.69) is 0 Å². The van der Waals surface area contributed by atoms with Gasteiger partial charge >= 0.3 is 57.4 Å². The summed E-state index contributed by atoms with van der Waals surface area (Å²) in [6.07, 6.45) is 7.80. The Morgan fingerprint density at radius 3 is 1.60 bits per heavy atom. The molecule has 0 rings (SSSR count). The van der Waals surface area contributed by atoms with Crippen LogP contribution >= 0.6 is 0 Å². The molecule has 0 aliphatic carbocycles. The number of rotatable bonds is 14. The minimum absolute atomic E-state index is 0. The van der Waals surface area contributed by atoms with Crippen molar-refractivity contribution in [2.45, 2.75) is 98.0 Å². The van der Waals surface area contributed by atoms with E-state index in [1.54, 1.807) is 27.7 Å². The van der Waals surface area contributed by atoms with Crippen molar-refractivity contribution in [2.75, 3.05) is 0 Å². The van der Waals surface area contributed by atoms with Gasteiger partial charge < -0.3 is 20.1 Å². The van der Waals surface area contributed by atoms with E-state index in [-0.39, 0.29) is 57.5 Å². The molecule has 0 aromatic carbocycles. The van der Waals surface area contributed by atoms with Gasteiger partial charge in [-0.25, -0.2) is 0 Å². The van der Waals surface area contributed by atoms with Crippen molar-refractivity contribution in [3.63, 3.8) is 0 Å². The summed E-state index contributed by atoms with van der Waals surface area (Å²) in [6.45, 7) is 6.85. The van der Waals surface area contributed by atoms with E-state index < -0.39 is 22.8 Å². The van der Waals surface area contributed by atoms with Crippen LogP contribution in [0.15, 0.2) is 0 Å². The molecule has 0 aliphatic heterocycles. The predicted molar refractivity (Wildman–Crippen MR) is 92.4 cm³/mol. The van der Waals surface area contributed by atoms with Crippen LogP contribution in [0.25, 0.3) is 0 Å². The maximum absolute atomic E-state index is 11.0. The first-order chi connectivity index (χ1) is 11.0. The zero-order chi connectivity index (χ0) is 18.8. The van der Waals surface area contributed by atoms with Crippen LogP contribution in [-0.2, 0) is 9.59 Å². The number of aliphatic hydroxyl groups excluding tert-OH is 1. The second-order valence-corrected chi connectivity index (χ2v) is 8.21. The third-order valence-electron chi connectivity index (χ3n) is 4.81. The second-order valence-electron chi connectivity index (χ2n) is 8.21. The molecule has 25 heavy (non-hydrogen) atoms. The molecule has 0 fully saturated rings. The number of unbranched alkanes of at least 4 members (excludes halogenated alkanes) is 4. The summed E-state index contributed by atoms with van der Waals surface area (Å²) >= 11 is 0. The molecule has 0 bridgehead atoms. The topological polar surface area (TPSA) is 97.7 Å². The number of carbonyl (C=O) groups is 2. The quantitative estimate of drug-likeness (QED) is 0.329. The van der Waals surface area contributed by atoms with Gasteiger partial charge in [0.2, 0.25) is 0 Å². The minimum Gasteiger partial charge on any atom is -0.550 e. The molecule has 0 amide bonds. The van der Waals surface area contributed by atoms with Crippen LogP contribution in [-0.4, -0.2) is 28.3 Å². The van der Waals surface area contributed by atoms with E-state index in [1.165, 1.54) is 0 Å². The molecule has 1 atom stereocenters. The summed E-state index contributed by atoms with van der Waals surface area (Å²) in [5.41, 5.74) is -1.44. The van der Waals surface area contributed by atoms with Crippen molar-refractivity contribution in [1.82, 2.24) is 0 Å². The number of aliphatic hydroxyl groups is 1. The summed E-state index contributed by atoms with van der Waals surface area (Å²) in [7, 11) is 0. The molecule has 0 saturated carbocycles. The van der Waals surface area contributed by atoms with Gasteiger partial charge in [0, 0.05) is 11.4 Å². The van der Waals surface area contributed by atoms with Crippen LogP contribution in [0, 0.1) is 10.8 Å². The number of carboxylic acids is 2. The van der Waals surface area contributed by atoms with Crippen LogP contribution in [0.1, 0.15) is 91.9 Å². The van der Waals surface area contributed by atoms with E-state index in [1.807, 2.05) is 0 Å². The summed E-state index contributed by atoms with van der Waals surface area (Å²) in [5, 5.41) is 29.9. The van der Waals surface area contributed by atoms with Crippen molar-refractivity contribution in [3.05, 3.63) is 0 Å². The Kier molecular flexibility index (Phi) is 15.2. The first-order valence-corrected chi connectivity index (χ1v) is 9.12. The second kappa shape index (κ2) is 13.7. The third-order valence-corrected chi connectivity index (χ3v) is 4.81. The zero-order valence-corrected chi connectivity index (χ0v) is 19.9. The molecule has 0 heterocycles. The van der Waals surface area contributed by atoms with Gasteiger partial charge in [-0.1, -0.05) is 52.4 Å². The third kappa shape index (κ3) is 13.4. The van der Waals surface area contributed by atoms with Gasteiger partial charge in [-0.3, -0.25) is 4.79 Å². The molecule has 142 valence electrons. The number of aliphatic carboxylic acids is 2. The Morgan fingerprint density at radius 2 is 1.24 bits per heavy atom. The number of hydrogen-bond donors (Lipinski definition) is 2.